The van der Waals surface area contributed by atoms with E-state index in [2.05, 4.69) is 10.6 Å². The van der Waals surface area contributed by atoms with Crippen molar-refractivity contribution in [2.24, 2.45) is 11.7 Å². The molecular weight excluding hydrogens is 206 g/mol. The van der Waals surface area contributed by atoms with Gasteiger partial charge in [0.05, 0.1) is 5.54 Å². The third-order valence-corrected chi connectivity index (χ3v) is 3.36. The van der Waals surface area contributed by atoms with E-state index in [1.807, 2.05) is 0 Å². The zero-order valence-corrected chi connectivity index (χ0v) is 9.42. The molecular formula is C11H19N3O2. The van der Waals surface area contributed by atoms with Crippen molar-refractivity contribution < 1.29 is 9.59 Å². The summed E-state index contributed by atoms with van der Waals surface area (Å²) in [6, 6.07) is 0. The molecule has 0 atom stereocenters. The molecule has 16 heavy (non-hydrogen) atoms. The van der Waals surface area contributed by atoms with Crippen LogP contribution in [0, 0.1) is 5.92 Å². The van der Waals surface area contributed by atoms with Crippen molar-refractivity contribution in [1.29, 1.82) is 0 Å². The molecule has 5 heteroatoms. The quantitative estimate of drug-likeness (QED) is 0.552. The van der Waals surface area contributed by atoms with Gasteiger partial charge in [-0.15, -0.1) is 0 Å². The van der Waals surface area contributed by atoms with Crippen LogP contribution in [0.25, 0.3) is 0 Å². The van der Waals surface area contributed by atoms with Crippen LogP contribution < -0.4 is 16.4 Å². The Morgan fingerprint density at radius 1 is 1.19 bits per heavy atom. The number of carbonyl (C=O) groups excluding carboxylic acids is 2. The standard InChI is InChI=1S/C11H19N3O2/c12-11(4-1-5-11)10(16)14-7-6-13-9(15)8-2-3-8/h8H,1-7,12H2,(H,13,15)(H,14,16). The van der Waals surface area contributed by atoms with Crippen LogP contribution in [0.2, 0.25) is 0 Å². The van der Waals surface area contributed by atoms with Crippen molar-refractivity contribution in [3.8, 4) is 0 Å². The van der Waals surface area contributed by atoms with Crippen LogP contribution in [-0.4, -0.2) is 30.4 Å². The highest BCUT2D eigenvalue weighted by molar-refractivity contribution is 5.87. The van der Waals surface area contributed by atoms with Crippen molar-refractivity contribution in [2.75, 3.05) is 13.1 Å². The summed E-state index contributed by atoms with van der Waals surface area (Å²) in [6.45, 7) is 0.966. The first-order chi connectivity index (χ1) is 7.62. The lowest BCUT2D eigenvalue weighted by atomic mass is 9.77. The minimum absolute atomic E-state index is 0.0839. The van der Waals surface area contributed by atoms with Crippen LogP contribution in [0.3, 0.4) is 0 Å². The average molecular weight is 225 g/mol. The van der Waals surface area contributed by atoms with Crippen LogP contribution in [0.4, 0.5) is 0 Å². The molecule has 0 unspecified atom stereocenters. The van der Waals surface area contributed by atoms with Gasteiger partial charge in [0.2, 0.25) is 11.8 Å². The zero-order chi connectivity index (χ0) is 11.6. The molecule has 0 radical (unpaired) electrons. The van der Waals surface area contributed by atoms with E-state index in [4.69, 9.17) is 5.73 Å². The lowest BCUT2D eigenvalue weighted by Crippen LogP contribution is -2.59. The topological polar surface area (TPSA) is 84.2 Å². The Morgan fingerprint density at radius 2 is 1.81 bits per heavy atom. The highest BCUT2D eigenvalue weighted by Crippen LogP contribution is 2.29. The Hall–Kier alpha value is -1.10. The van der Waals surface area contributed by atoms with E-state index in [-0.39, 0.29) is 17.7 Å². The van der Waals surface area contributed by atoms with Gasteiger partial charge in [0.25, 0.3) is 0 Å². The molecule has 0 bridgehead atoms. The predicted molar refractivity (Wildman–Crippen MR) is 59.5 cm³/mol. The fraction of sp³-hybridized carbons (Fsp3) is 0.818. The fourth-order valence-corrected chi connectivity index (χ4v) is 1.81. The number of hydrogen-bond acceptors (Lipinski definition) is 3. The Kier molecular flexibility index (Phi) is 3.14. The summed E-state index contributed by atoms with van der Waals surface area (Å²) in [7, 11) is 0. The zero-order valence-electron chi connectivity index (χ0n) is 9.42. The Balaban J connectivity index is 1.57. The van der Waals surface area contributed by atoms with E-state index in [9.17, 15) is 9.59 Å². The van der Waals surface area contributed by atoms with Gasteiger partial charge in [-0.3, -0.25) is 9.59 Å². The van der Waals surface area contributed by atoms with Gasteiger partial charge in [-0.1, -0.05) is 0 Å². The van der Waals surface area contributed by atoms with E-state index in [1.165, 1.54) is 0 Å². The van der Waals surface area contributed by atoms with Crippen LogP contribution in [-0.2, 0) is 9.59 Å². The van der Waals surface area contributed by atoms with E-state index < -0.39 is 5.54 Å². The van der Waals surface area contributed by atoms with Gasteiger partial charge in [-0.05, 0) is 32.1 Å². The molecule has 0 aromatic carbocycles. The maximum atomic E-state index is 11.6. The lowest BCUT2D eigenvalue weighted by molar-refractivity contribution is -0.129. The van der Waals surface area contributed by atoms with Gasteiger partial charge in [0, 0.05) is 19.0 Å². The molecule has 2 saturated carbocycles. The number of hydrogen-bond donors (Lipinski definition) is 3. The number of nitrogens with one attached hydrogen (secondary N) is 2. The molecule has 2 aliphatic carbocycles. The SMILES string of the molecule is NC1(C(=O)NCCNC(=O)C2CC2)CCC1. The van der Waals surface area contributed by atoms with E-state index >= 15 is 0 Å². The lowest BCUT2D eigenvalue weighted by Gasteiger charge is -2.36. The molecule has 2 aliphatic rings. The number of carbonyl (C=O) groups is 2. The minimum Gasteiger partial charge on any atom is -0.354 e. The number of rotatable bonds is 5. The first-order valence-corrected chi connectivity index (χ1v) is 5.97. The van der Waals surface area contributed by atoms with Gasteiger partial charge in [0.1, 0.15) is 0 Å². The average Bonchev–Trinajstić information content (AvgIpc) is 3.03. The van der Waals surface area contributed by atoms with Crippen LogP contribution in [0.15, 0.2) is 0 Å². The maximum Gasteiger partial charge on any atom is 0.240 e. The summed E-state index contributed by atoms with van der Waals surface area (Å²) in [6.07, 6.45) is 4.58. The van der Waals surface area contributed by atoms with Crippen molar-refractivity contribution in [3.63, 3.8) is 0 Å². The summed E-state index contributed by atoms with van der Waals surface area (Å²) in [5, 5.41) is 5.55. The molecule has 0 saturated heterocycles. The highest BCUT2D eigenvalue weighted by atomic mass is 16.2. The predicted octanol–water partition coefficient (Wildman–Crippen LogP) is -0.490. The molecule has 2 rings (SSSR count). The van der Waals surface area contributed by atoms with Crippen molar-refractivity contribution in [1.82, 2.24) is 10.6 Å². The molecule has 0 aromatic heterocycles. The molecule has 2 fully saturated rings. The van der Waals surface area contributed by atoms with E-state index in [0.717, 1.165) is 32.1 Å². The molecule has 90 valence electrons. The molecule has 0 aromatic rings. The number of amides is 2. The second-order valence-corrected chi connectivity index (χ2v) is 4.83. The first kappa shape index (κ1) is 11.4. The first-order valence-electron chi connectivity index (χ1n) is 5.97. The normalized spacial score (nSPS) is 22.1. The molecule has 0 aliphatic heterocycles. The Morgan fingerprint density at radius 3 is 2.31 bits per heavy atom. The third kappa shape index (κ3) is 2.52. The summed E-state index contributed by atoms with van der Waals surface area (Å²) >= 11 is 0. The molecule has 5 nitrogen and oxygen atoms in total. The summed E-state index contributed by atoms with van der Waals surface area (Å²) < 4.78 is 0. The second kappa shape index (κ2) is 4.41. The minimum atomic E-state index is -0.638. The molecule has 0 spiro atoms. The van der Waals surface area contributed by atoms with Gasteiger partial charge >= 0.3 is 0 Å². The van der Waals surface area contributed by atoms with Crippen LogP contribution >= 0.6 is 0 Å². The summed E-state index contributed by atoms with van der Waals surface area (Å²) in [5.74, 6) is 0.253. The summed E-state index contributed by atoms with van der Waals surface area (Å²) in [4.78, 5) is 22.9. The number of nitrogens with two attached hydrogens (primary N) is 1. The Labute approximate surface area is 95.1 Å². The molecule has 0 heterocycles. The van der Waals surface area contributed by atoms with Gasteiger partial charge in [-0.2, -0.15) is 0 Å². The van der Waals surface area contributed by atoms with E-state index in [0.29, 0.717) is 13.1 Å². The molecule has 2 amide bonds. The van der Waals surface area contributed by atoms with Crippen molar-refractivity contribution >= 4 is 11.8 Å². The second-order valence-electron chi connectivity index (χ2n) is 4.83. The van der Waals surface area contributed by atoms with E-state index in [1.54, 1.807) is 0 Å². The van der Waals surface area contributed by atoms with Crippen molar-refractivity contribution in [2.45, 2.75) is 37.6 Å². The largest absolute Gasteiger partial charge is 0.354 e. The van der Waals surface area contributed by atoms with Gasteiger partial charge < -0.3 is 16.4 Å². The van der Waals surface area contributed by atoms with Gasteiger partial charge in [-0.25, -0.2) is 0 Å². The molecule has 4 N–H and O–H groups in total. The third-order valence-electron chi connectivity index (χ3n) is 3.36. The Bertz CT molecular complexity index is 296. The smallest absolute Gasteiger partial charge is 0.240 e. The maximum absolute atomic E-state index is 11.6. The highest BCUT2D eigenvalue weighted by Gasteiger charge is 2.39. The monoisotopic (exact) mass is 225 g/mol. The van der Waals surface area contributed by atoms with Gasteiger partial charge in [0.15, 0.2) is 0 Å². The summed E-state index contributed by atoms with van der Waals surface area (Å²) in [5.41, 5.74) is 5.21. The van der Waals surface area contributed by atoms with Crippen molar-refractivity contribution in [3.05, 3.63) is 0 Å². The van der Waals surface area contributed by atoms with Crippen LogP contribution in [0.5, 0.6) is 0 Å². The fourth-order valence-electron chi connectivity index (χ4n) is 1.81. The van der Waals surface area contributed by atoms with Crippen LogP contribution in [0.1, 0.15) is 32.1 Å².